The minimum atomic E-state index is -1.15. The number of fused-ring (bicyclic) bond motifs is 3. The first-order valence-corrected chi connectivity index (χ1v) is 22.4. The van der Waals surface area contributed by atoms with Gasteiger partial charge in [0.2, 0.25) is 17.7 Å². The highest BCUT2D eigenvalue weighted by Crippen LogP contribution is 2.39. The second-order valence-corrected chi connectivity index (χ2v) is 17.9. The summed E-state index contributed by atoms with van der Waals surface area (Å²) >= 11 is 7.88. The van der Waals surface area contributed by atoms with E-state index in [9.17, 15) is 24.0 Å². The zero-order chi connectivity index (χ0) is 47.3. The molecule has 6 N–H and O–H groups in total. The van der Waals surface area contributed by atoms with Gasteiger partial charge in [0.1, 0.15) is 40.9 Å². The van der Waals surface area contributed by atoms with Crippen LogP contribution in [0.25, 0.3) is 5.00 Å². The first-order valence-electron chi connectivity index (χ1n) is 21.2. The van der Waals surface area contributed by atoms with Crippen LogP contribution >= 0.6 is 22.9 Å². The van der Waals surface area contributed by atoms with Crippen molar-refractivity contribution in [1.82, 2.24) is 25.4 Å². The first-order chi connectivity index (χ1) is 30.9. The van der Waals surface area contributed by atoms with Crippen molar-refractivity contribution in [2.75, 3.05) is 44.9 Å². The Kier molecular flexibility index (Phi) is 18.1. The van der Waals surface area contributed by atoms with Crippen molar-refractivity contribution in [3.8, 4) is 10.8 Å². The van der Waals surface area contributed by atoms with Crippen molar-refractivity contribution >= 4 is 64.0 Å². The van der Waals surface area contributed by atoms with Gasteiger partial charge in [0.25, 0.3) is 0 Å². The Balaban J connectivity index is 1.02. The average molecular weight is 938 g/mol. The molecule has 18 nitrogen and oxygen atoms in total. The van der Waals surface area contributed by atoms with Crippen LogP contribution in [0.15, 0.2) is 53.5 Å². The van der Waals surface area contributed by atoms with E-state index in [1.54, 1.807) is 56.4 Å². The number of carboxylic acid groups (broad SMARTS) is 1. The summed E-state index contributed by atoms with van der Waals surface area (Å²) < 4.78 is 24.3. The maximum absolute atomic E-state index is 13.5. The molecule has 0 fully saturated rings. The predicted molar refractivity (Wildman–Crippen MR) is 245 cm³/mol. The molecular formula is C45H57ClN8O10S. The molecule has 1 aliphatic heterocycles. The van der Waals surface area contributed by atoms with Crippen molar-refractivity contribution in [1.29, 1.82) is 0 Å². The lowest BCUT2D eigenvalue weighted by atomic mass is 9.99. The second kappa shape index (κ2) is 23.5. The number of carboxylic acids is 1. The van der Waals surface area contributed by atoms with Crippen LogP contribution in [0.5, 0.6) is 5.75 Å². The van der Waals surface area contributed by atoms with E-state index >= 15 is 0 Å². The van der Waals surface area contributed by atoms with Crippen molar-refractivity contribution in [3.63, 3.8) is 0 Å². The number of thiophene rings is 1. The summed E-state index contributed by atoms with van der Waals surface area (Å²) in [6, 6.07) is 11.7. The van der Waals surface area contributed by atoms with Crippen LogP contribution in [0, 0.1) is 20.8 Å². The topological polar surface area (TPSA) is 248 Å². The van der Waals surface area contributed by atoms with E-state index in [2.05, 4.69) is 40.0 Å². The summed E-state index contributed by atoms with van der Waals surface area (Å²) in [5, 5.41) is 27.5. The fraction of sp³-hybridized carbons (Fsp3) is 0.467. The van der Waals surface area contributed by atoms with Crippen molar-refractivity contribution < 1.29 is 48.0 Å². The standard InChI is InChI=1S/C45H57ClN8O10S/c1-26-27(2)65-44-39(26)40(29-7-9-30(46)10-8-29)50-35(41-53-52-28(3)54(41)44)25-36(55)49-31-11-13-32(14-12-31)63-24-23-62-22-21-61-20-19-48-43(60)34(16-18-38(58)64-45(4,5)6)51-42(59)33(47)15-17-37(56)57/h7-14,33-35H,15-25,47H2,1-6H3,(H,48,60)(H,49,55)(H,51,59)(H,56,57)/t33?,34?,35-/m0/s1. The monoisotopic (exact) mass is 936 g/mol. The van der Waals surface area contributed by atoms with Gasteiger partial charge in [-0.05, 0) is 96.3 Å². The Labute approximate surface area is 386 Å². The number of rotatable bonds is 23. The Bertz CT molecular complexity index is 2330. The number of hydrogen-bond donors (Lipinski definition) is 5. The summed E-state index contributed by atoms with van der Waals surface area (Å²) in [7, 11) is 0. The third-order valence-corrected chi connectivity index (χ3v) is 11.4. The normalized spacial score (nSPS) is 14.2. The molecular weight excluding hydrogens is 880 g/mol. The van der Waals surface area contributed by atoms with Gasteiger partial charge >= 0.3 is 11.9 Å². The first kappa shape index (κ1) is 50.3. The van der Waals surface area contributed by atoms with Gasteiger partial charge < -0.3 is 45.7 Å². The SMILES string of the molecule is Cc1sc2c(c1C)C(c1ccc(Cl)cc1)=N[C@@H](CC(=O)Nc1ccc(OCCOCCOCCNC(=O)C(CCC(=O)OC(C)(C)C)NC(=O)C(N)CCC(=O)O)cc1)c1nnc(C)n1-2. The van der Waals surface area contributed by atoms with E-state index in [1.165, 1.54) is 0 Å². The van der Waals surface area contributed by atoms with E-state index in [0.717, 1.165) is 32.3 Å². The third-order valence-electron chi connectivity index (χ3n) is 9.98. The van der Waals surface area contributed by atoms with Crippen LogP contribution in [0.1, 0.15) is 92.1 Å². The largest absolute Gasteiger partial charge is 0.491 e. The van der Waals surface area contributed by atoms with Crippen LogP contribution < -0.4 is 26.4 Å². The molecule has 5 rings (SSSR count). The van der Waals surface area contributed by atoms with Gasteiger partial charge in [-0.1, -0.05) is 23.7 Å². The number of nitrogens with zero attached hydrogens (tertiary/aromatic N) is 4. The fourth-order valence-corrected chi connectivity index (χ4v) is 8.02. The molecule has 2 aromatic heterocycles. The number of nitrogens with one attached hydrogen (secondary N) is 3. The van der Waals surface area contributed by atoms with Gasteiger partial charge in [-0.25, -0.2) is 0 Å². The number of ether oxygens (including phenoxy) is 4. The van der Waals surface area contributed by atoms with E-state index in [4.69, 9.17) is 46.4 Å². The lowest BCUT2D eigenvalue weighted by molar-refractivity contribution is -0.155. The maximum atomic E-state index is 13.5. The number of carbonyl (C=O) groups is 5. The van der Waals surface area contributed by atoms with Crippen LogP contribution in [-0.4, -0.2) is 113 Å². The molecule has 350 valence electrons. The van der Waals surface area contributed by atoms with Crippen LogP contribution in [0.4, 0.5) is 5.69 Å². The van der Waals surface area contributed by atoms with E-state index in [1.807, 2.05) is 35.8 Å². The van der Waals surface area contributed by atoms with Gasteiger partial charge in [-0.3, -0.25) is 33.5 Å². The zero-order valence-electron chi connectivity index (χ0n) is 37.4. The minimum Gasteiger partial charge on any atom is -0.491 e. The average Bonchev–Trinajstić information content (AvgIpc) is 3.73. The summed E-state index contributed by atoms with van der Waals surface area (Å²) in [6.45, 7) is 12.5. The summed E-state index contributed by atoms with van der Waals surface area (Å²) in [4.78, 5) is 68.5. The number of benzene rings is 2. The molecule has 0 saturated carbocycles. The minimum absolute atomic E-state index is 0.0298. The van der Waals surface area contributed by atoms with E-state index in [-0.39, 0.29) is 77.6 Å². The van der Waals surface area contributed by atoms with Crippen molar-refractivity contribution in [3.05, 3.63) is 86.8 Å². The lowest BCUT2D eigenvalue weighted by Crippen LogP contribution is -2.52. The molecule has 65 heavy (non-hydrogen) atoms. The van der Waals surface area contributed by atoms with Gasteiger partial charge in [-0.15, -0.1) is 21.5 Å². The Morgan fingerprint density at radius 1 is 0.892 bits per heavy atom. The molecule has 0 saturated heterocycles. The second-order valence-electron chi connectivity index (χ2n) is 16.3. The van der Waals surface area contributed by atoms with Gasteiger partial charge in [0, 0.05) is 46.1 Å². The number of anilines is 1. The molecule has 3 atom stereocenters. The fourth-order valence-electron chi connectivity index (χ4n) is 6.68. The predicted octanol–water partition coefficient (Wildman–Crippen LogP) is 5.16. The number of halogens is 1. The Morgan fingerprint density at radius 2 is 1.57 bits per heavy atom. The maximum Gasteiger partial charge on any atom is 0.306 e. The van der Waals surface area contributed by atoms with Crippen LogP contribution in [0.3, 0.4) is 0 Å². The molecule has 2 aromatic carbocycles. The molecule has 0 spiro atoms. The summed E-state index contributed by atoms with van der Waals surface area (Å²) in [6.07, 6.45) is -0.596. The van der Waals surface area contributed by atoms with Crippen LogP contribution in [0.2, 0.25) is 5.02 Å². The molecule has 3 heterocycles. The summed E-state index contributed by atoms with van der Waals surface area (Å²) in [5.41, 5.74) is 9.42. The summed E-state index contributed by atoms with van der Waals surface area (Å²) in [5.74, 6) is -1.27. The van der Waals surface area contributed by atoms with E-state index < -0.39 is 47.5 Å². The molecule has 1 aliphatic rings. The van der Waals surface area contributed by atoms with Crippen molar-refractivity contribution in [2.24, 2.45) is 10.7 Å². The highest BCUT2D eigenvalue weighted by Gasteiger charge is 2.33. The number of aromatic nitrogens is 3. The molecule has 0 radical (unpaired) electrons. The van der Waals surface area contributed by atoms with Gasteiger partial charge in [0.15, 0.2) is 5.82 Å². The zero-order valence-corrected chi connectivity index (χ0v) is 39.0. The number of esters is 1. The smallest absolute Gasteiger partial charge is 0.306 e. The molecule has 4 aromatic rings. The highest BCUT2D eigenvalue weighted by molar-refractivity contribution is 7.15. The van der Waals surface area contributed by atoms with E-state index in [0.29, 0.717) is 28.1 Å². The number of nitrogens with two attached hydrogens (primary N) is 1. The molecule has 0 aliphatic carbocycles. The highest BCUT2D eigenvalue weighted by atomic mass is 35.5. The van der Waals surface area contributed by atoms with Gasteiger partial charge in [0.05, 0.1) is 44.6 Å². The molecule has 2 unspecified atom stereocenters. The Hall–Kier alpha value is -5.73. The molecule has 3 amide bonds. The number of aliphatic imine (C=N–C) groups is 1. The molecule has 0 bridgehead atoms. The number of hydrogen-bond acceptors (Lipinski definition) is 14. The van der Waals surface area contributed by atoms with Gasteiger partial charge in [-0.2, -0.15) is 0 Å². The number of carbonyl (C=O) groups excluding carboxylic acids is 4. The number of aryl methyl sites for hydroxylation is 2. The number of aliphatic carboxylic acids is 1. The Morgan fingerprint density at radius 3 is 2.25 bits per heavy atom. The third kappa shape index (κ3) is 14.9. The number of amides is 3. The van der Waals surface area contributed by atoms with Crippen LogP contribution in [-0.2, 0) is 38.2 Å². The molecule has 20 heteroatoms. The van der Waals surface area contributed by atoms with Crippen molar-refractivity contribution in [2.45, 2.75) is 97.4 Å². The lowest BCUT2D eigenvalue weighted by Gasteiger charge is -2.22. The quantitative estimate of drug-likeness (QED) is 0.0477.